The van der Waals surface area contributed by atoms with Gasteiger partial charge in [0.25, 0.3) is 0 Å². The first-order valence-corrected chi connectivity index (χ1v) is 5.80. The summed E-state index contributed by atoms with van der Waals surface area (Å²) in [5.74, 6) is 0. The van der Waals surface area contributed by atoms with Gasteiger partial charge in [0, 0.05) is 38.3 Å². The van der Waals surface area contributed by atoms with Crippen molar-refractivity contribution in [1.82, 2.24) is 15.1 Å². The van der Waals surface area contributed by atoms with Gasteiger partial charge in [-0.15, -0.1) is 0 Å². The highest BCUT2D eigenvalue weighted by molar-refractivity contribution is 4.80. The van der Waals surface area contributed by atoms with E-state index in [2.05, 4.69) is 42.9 Å². The first-order valence-electron chi connectivity index (χ1n) is 5.80. The zero-order chi connectivity index (χ0) is 10.6. The fourth-order valence-corrected chi connectivity index (χ4v) is 1.96. The van der Waals surface area contributed by atoms with Gasteiger partial charge in [0.05, 0.1) is 0 Å². The Morgan fingerprint density at radius 3 is 2.71 bits per heavy atom. The van der Waals surface area contributed by atoms with Crippen LogP contribution in [0.15, 0.2) is 0 Å². The monoisotopic (exact) mass is 199 g/mol. The smallest absolute Gasteiger partial charge is 0.0193 e. The predicted molar refractivity (Wildman–Crippen MR) is 61.7 cm³/mol. The van der Waals surface area contributed by atoms with Gasteiger partial charge in [-0.2, -0.15) is 0 Å². The lowest BCUT2D eigenvalue weighted by Gasteiger charge is -2.40. The summed E-state index contributed by atoms with van der Waals surface area (Å²) in [6.07, 6.45) is 0. The van der Waals surface area contributed by atoms with Crippen LogP contribution in [0.25, 0.3) is 0 Å². The molecule has 1 aliphatic heterocycles. The molecular formula is C11H25N3. The van der Waals surface area contributed by atoms with Crippen molar-refractivity contribution in [2.45, 2.75) is 32.9 Å². The molecule has 1 fully saturated rings. The van der Waals surface area contributed by atoms with Crippen LogP contribution in [-0.2, 0) is 0 Å². The molecule has 0 radical (unpaired) electrons. The molecule has 0 aromatic rings. The summed E-state index contributed by atoms with van der Waals surface area (Å²) in [5, 5.41) is 3.42. The second-order valence-corrected chi connectivity index (χ2v) is 4.48. The van der Waals surface area contributed by atoms with Crippen molar-refractivity contribution in [1.29, 1.82) is 0 Å². The standard InChI is InChI=1S/C11H25N3/c1-5-12-8-10(2)14-7-6-13(4)11(3)9-14/h10-12H,5-9H2,1-4H3. The van der Waals surface area contributed by atoms with Crippen LogP contribution in [0.1, 0.15) is 20.8 Å². The van der Waals surface area contributed by atoms with E-state index in [0.717, 1.165) is 13.1 Å². The minimum absolute atomic E-state index is 0.672. The zero-order valence-corrected chi connectivity index (χ0v) is 10.1. The van der Waals surface area contributed by atoms with E-state index in [1.807, 2.05) is 0 Å². The van der Waals surface area contributed by atoms with Crippen molar-refractivity contribution in [2.75, 3.05) is 39.8 Å². The molecule has 84 valence electrons. The maximum absolute atomic E-state index is 3.42. The summed E-state index contributed by atoms with van der Waals surface area (Å²) in [4.78, 5) is 5.03. The normalized spacial score (nSPS) is 27.9. The van der Waals surface area contributed by atoms with Crippen LogP contribution in [0.2, 0.25) is 0 Å². The van der Waals surface area contributed by atoms with Crippen LogP contribution in [0.3, 0.4) is 0 Å². The quantitative estimate of drug-likeness (QED) is 0.716. The van der Waals surface area contributed by atoms with E-state index >= 15 is 0 Å². The van der Waals surface area contributed by atoms with Gasteiger partial charge < -0.3 is 10.2 Å². The third-order valence-electron chi connectivity index (χ3n) is 3.30. The lowest BCUT2D eigenvalue weighted by Crippen LogP contribution is -2.54. The molecule has 3 heteroatoms. The number of piperazine rings is 1. The molecule has 1 N–H and O–H groups in total. The van der Waals surface area contributed by atoms with Crippen molar-refractivity contribution >= 4 is 0 Å². The third kappa shape index (κ3) is 3.23. The average Bonchev–Trinajstić information content (AvgIpc) is 2.18. The highest BCUT2D eigenvalue weighted by atomic mass is 15.3. The number of hydrogen-bond donors (Lipinski definition) is 1. The van der Waals surface area contributed by atoms with E-state index < -0.39 is 0 Å². The molecule has 1 heterocycles. The van der Waals surface area contributed by atoms with Gasteiger partial charge in [-0.25, -0.2) is 0 Å². The lowest BCUT2D eigenvalue weighted by molar-refractivity contribution is 0.0775. The highest BCUT2D eigenvalue weighted by Crippen LogP contribution is 2.09. The molecule has 0 bridgehead atoms. The maximum atomic E-state index is 3.42. The summed E-state index contributed by atoms with van der Waals surface area (Å²) < 4.78 is 0. The SMILES string of the molecule is CCNCC(C)N1CCN(C)C(C)C1. The van der Waals surface area contributed by atoms with E-state index in [9.17, 15) is 0 Å². The second-order valence-electron chi connectivity index (χ2n) is 4.48. The van der Waals surface area contributed by atoms with Crippen molar-refractivity contribution < 1.29 is 0 Å². The minimum atomic E-state index is 0.672. The molecule has 3 nitrogen and oxygen atoms in total. The van der Waals surface area contributed by atoms with Gasteiger partial charge in [-0.1, -0.05) is 6.92 Å². The molecule has 0 aromatic carbocycles. The Morgan fingerprint density at radius 2 is 2.14 bits per heavy atom. The topological polar surface area (TPSA) is 18.5 Å². The van der Waals surface area contributed by atoms with E-state index in [4.69, 9.17) is 0 Å². The molecule has 2 unspecified atom stereocenters. The average molecular weight is 199 g/mol. The van der Waals surface area contributed by atoms with E-state index in [0.29, 0.717) is 12.1 Å². The lowest BCUT2D eigenvalue weighted by atomic mass is 10.1. The first kappa shape index (κ1) is 12.0. The largest absolute Gasteiger partial charge is 0.315 e. The van der Waals surface area contributed by atoms with Gasteiger partial charge in [0.15, 0.2) is 0 Å². The highest BCUT2D eigenvalue weighted by Gasteiger charge is 2.23. The zero-order valence-electron chi connectivity index (χ0n) is 10.1. The maximum Gasteiger partial charge on any atom is 0.0193 e. The first-order chi connectivity index (χ1) is 6.65. The number of rotatable bonds is 4. The number of likely N-dealkylation sites (N-methyl/N-ethyl adjacent to an activating group) is 2. The van der Waals surface area contributed by atoms with Gasteiger partial charge in [0.2, 0.25) is 0 Å². The minimum Gasteiger partial charge on any atom is -0.315 e. The molecule has 0 saturated carbocycles. The third-order valence-corrected chi connectivity index (χ3v) is 3.30. The molecule has 2 atom stereocenters. The van der Waals surface area contributed by atoms with Crippen LogP contribution in [0.5, 0.6) is 0 Å². The molecule has 0 amide bonds. The van der Waals surface area contributed by atoms with Crippen molar-refractivity contribution in [3.8, 4) is 0 Å². The Morgan fingerprint density at radius 1 is 1.43 bits per heavy atom. The molecule has 1 aliphatic rings. The van der Waals surface area contributed by atoms with Gasteiger partial charge >= 0.3 is 0 Å². The molecule has 1 saturated heterocycles. The predicted octanol–water partition coefficient (Wildman–Crippen LogP) is 0.620. The summed E-state index contributed by atoms with van der Waals surface area (Å²) >= 11 is 0. The number of hydrogen-bond acceptors (Lipinski definition) is 3. The van der Waals surface area contributed by atoms with Gasteiger partial charge in [-0.3, -0.25) is 4.90 Å². The van der Waals surface area contributed by atoms with Crippen LogP contribution in [-0.4, -0.2) is 61.7 Å². The summed E-state index contributed by atoms with van der Waals surface area (Å²) in [6.45, 7) is 12.6. The van der Waals surface area contributed by atoms with E-state index in [1.54, 1.807) is 0 Å². The molecule has 0 aliphatic carbocycles. The van der Waals surface area contributed by atoms with Crippen molar-refractivity contribution in [2.24, 2.45) is 0 Å². The molecular weight excluding hydrogens is 174 g/mol. The fourth-order valence-electron chi connectivity index (χ4n) is 1.96. The van der Waals surface area contributed by atoms with Gasteiger partial charge in [-0.05, 0) is 27.4 Å². The molecule has 14 heavy (non-hydrogen) atoms. The second kappa shape index (κ2) is 5.69. The van der Waals surface area contributed by atoms with E-state index in [-0.39, 0.29) is 0 Å². The van der Waals surface area contributed by atoms with Crippen LogP contribution >= 0.6 is 0 Å². The summed E-state index contributed by atoms with van der Waals surface area (Å²) in [7, 11) is 2.22. The number of nitrogens with zero attached hydrogens (tertiary/aromatic N) is 2. The Bertz CT molecular complexity index is 161. The van der Waals surface area contributed by atoms with Crippen molar-refractivity contribution in [3.63, 3.8) is 0 Å². The van der Waals surface area contributed by atoms with Crippen LogP contribution in [0, 0.1) is 0 Å². The molecule has 0 aromatic heterocycles. The Kier molecular flexibility index (Phi) is 4.85. The molecule has 0 spiro atoms. The fraction of sp³-hybridized carbons (Fsp3) is 1.00. The Labute approximate surface area is 88.5 Å². The van der Waals surface area contributed by atoms with Crippen LogP contribution in [0.4, 0.5) is 0 Å². The Balaban J connectivity index is 2.30. The Hall–Kier alpha value is -0.120. The van der Waals surface area contributed by atoms with E-state index in [1.165, 1.54) is 19.6 Å². The van der Waals surface area contributed by atoms with Crippen LogP contribution < -0.4 is 5.32 Å². The molecule has 1 rings (SSSR count). The van der Waals surface area contributed by atoms with Gasteiger partial charge in [0.1, 0.15) is 0 Å². The summed E-state index contributed by atoms with van der Waals surface area (Å²) in [5.41, 5.74) is 0. The van der Waals surface area contributed by atoms with Crippen molar-refractivity contribution in [3.05, 3.63) is 0 Å². The number of nitrogens with one attached hydrogen (secondary N) is 1. The summed E-state index contributed by atoms with van der Waals surface area (Å²) in [6, 6.07) is 1.37.